The standard InChI is InChI=1S/C23H26N4OS/c28-22(15-21-17-29-23(26-21)14-18-6-2-1-3-7-18)25-19-9-12-27(13-10-19)16-20-8-4-5-11-24-20/h1-8,11,17,19H,9-10,12-16H2,(H,25,28). The monoisotopic (exact) mass is 406 g/mol. The lowest BCUT2D eigenvalue weighted by atomic mass is 10.0. The Morgan fingerprint density at radius 2 is 1.86 bits per heavy atom. The molecule has 0 aliphatic carbocycles. The normalized spacial score (nSPS) is 15.3. The number of hydrogen-bond acceptors (Lipinski definition) is 5. The summed E-state index contributed by atoms with van der Waals surface area (Å²) in [6.45, 7) is 2.85. The van der Waals surface area contributed by atoms with Crippen LogP contribution in [-0.2, 0) is 24.2 Å². The van der Waals surface area contributed by atoms with Gasteiger partial charge in [0.1, 0.15) is 0 Å². The van der Waals surface area contributed by atoms with Gasteiger partial charge in [0, 0.05) is 43.7 Å². The summed E-state index contributed by atoms with van der Waals surface area (Å²) < 4.78 is 0. The van der Waals surface area contributed by atoms with Crippen molar-refractivity contribution in [1.29, 1.82) is 0 Å². The maximum atomic E-state index is 12.5. The van der Waals surface area contributed by atoms with Crippen LogP contribution in [0.25, 0.3) is 0 Å². The van der Waals surface area contributed by atoms with Gasteiger partial charge in [-0.15, -0.1) is 11.3 Å². The number of piperidine rings is 1. The summed E-state index contributed by atoms with van der Waals surface area (Å²) in [6, 6.07) is 16.6. The molecular formula is C23H26N4OS. The molecule has 29 heavy (non-hydrogen) atoms. The molecule has 0 unspecified atom stereocenters. The molecule has 5 nitrogen and oxygen atoms in total. The van der Waals surface area contributed by atoms with Crippen LogP contribution in [0.15, 0.2) is 60.1 Å². The van der Waals surface area contributed by atoms with E-state index in [4.69, 9.17) is 0 Å². The molecule has 3 aromatic rings. The number of hydrogen-bond donors (Lipinski definition) is 1. The Hall–Kier alpha value is -2.57. The number of pyridine rings is 1. The fourth-order valence-corrected chi connectivity index (χ4v) is 4.51. The van der Waals surface area contributed by atoms with Crippen molar-refractivity contribution in [2.75, 3.05) is 13.1 Å². The number of nitrogens with one attached hydrogen (secondary N) is 1. The highest BCUT2D eigenvalue weighted by Gasteiger charge is 2.21. The number of amides is 1. The topological polar surface area (TPSA) is 58.1 Å². The van der Waals surface area contributed by atoms with Crippen molar-refractivity contribution in [2.24, 2.45) is 0 Å². The number of benzene rings is 1. The summed E-state index contributed by atoms with van der Waals surface area (Å²) >= 11 is 1.63. The van der Waals surface area contributed by atoms with Gasteiger partial charge in [-0.05, 0) is 30.5 Å². The lowest BCUT2D eigenvalue weighted by Gasteiger charge is -2.32. The van der Waals surface area contributed by atoms with E-state index in [0.29, 0.717) is 6.42 Å². The molecule has 3 heterocycles. The minimum atomic E-state index is 0.0738. The Morgan fingerprint density at radius 3 is 2.62 bits per heavy atom. The first-order chi connectivity index (χ1) is 14.2. The molecule has 0 bridgehead atoms. The van der Waals surface area contributed by atoms with Gasteiger partial charge in [-0.1, -0.05) is 36.4 Å². The van der Waals surface area contributed by atoms with Crippen LogP contribution < -0.4 is 5.32 Å². The summed E-state index contributed by atoms with van der Waals surface area (Å²) in [5.74, 6) is 0.0738. The Labute approximate surface area is 175 Å². The van der Waals surface area contributed by atoms with Crippen molar-refractivity contribution in [3.63, 3.8) is 0 Å². The second kappa shape index (κ2) is 9.76. The van der Waals surface area contributed by atoms with Crippen LogP contribution in [0.5, 0.6) is 0 Å². The zero-order valence-corrected chi connectivity index (χ0v) is 17.3. The fourth-order valence-electron chi connectivity index (χ4n) is 3.68. The first-order valence-electron chi connectivity index (χ1n) is 10.1. The predicted octanol–water partition coefficient (Wildman–Crippen LogP) is 3.45. The quantitative estimate of drug-likeness (QED) is 0.653. The van der Waals surface area contributed by atoms with E-state index in [0.717, 1.165) is 55.3 Å². The SMILES string of the molecule is O=C(Cc1csc(Cc2ccccc2)n1)NC1CCN(Cc2ccccn2)CC1. The van der Waals surface area contributed by atoms with Crippen molar-refractivity contribution >= 4 is 17.2 Å². The molecule has 150 valence electrons. The van der Waals surface area contributed by atoms with E-state index in [1.165, 1.54) is 5.56 Å². The van der Waals surface area contributed by atoms with Crippen molar-refractivity contribution in [2.45, 2.75) is 38.3 Å². The van der Waals surface area contributed by atoms with E-state index in [2.05, 4.69) is 38.4 Å². The van der Waals surface area contributed by atoms with Crippen LogP contribution in [0.3, 0.4) is 0 Å². The predicted molar refractivity (Wildman–Crippen MR) is 116 cm³/mol. The molecule has 1 amide bonds. The number of aromatic nitrogens is 2. The third-order valence-corrected chi connectivity index (χ3v) is 6.10. The molecular weight excluding hydrogens is 380 g/mol. The molecule has 1 fully saturated rings. The molecule has 1 N–H and O–H groups in total. The third-order valence-electron chi connectivity index (χ3n) is 5.20. The Morgan fingerprint density at radius 1 is 1.07 bits per heavy atom. The third kappa shape index (κ3) is 5.95. The second-order valence-electron chi connectivity index (χ2n) is 7.51. The van der Waals surface area contributed by atoms with Gasteiger partial charge in [0.15, 0.2) is 0 Å². The molecule has 1 saturated heterocycles. The van der Waals surface area contributed by atoms with E-state index in [1.807, 2.05) is 41.9 Å². The van der Waals surface area contributed by atoms with Crippen molar-refractivity contribution < 1.29 is 4.79 Å². The summed E-state index contributed by atoms with van der Waals surface area (Å²) in [6.07, 6.45) is 4.98. The number of nitrogens with zero attached hydrogens (tertiary/aromatic N) is 3. The number of thiazole rings is 1. The Kier molecular flexibility index (Phi) is 6.64. The zero-order valence-electron chi connectivity index (χ0n) is 16.5. The van der Waals surface area contributed by atoms with Crippen molar-refractivity contribution in [1.82, 2.24) is 20.2 Å². The van der Waals surface area contributed by atoms with Gasteiger partial charge in [0.2, 0.25) is 5.91 Å². The van der Waals surface area contributed by atoms with E-state index < -0.39 is 0 Å². The first kappa shape index (κ1) is 19.7. The molecule has 0 spiro atoms. The maximum Gasteiger partial charge on any atom is 0.226 e. The van der Waals surface area contributed by atoms with Gasteiger partial charge in [0.05, 0.1) is 22.8 Å². The molecule has 1 aromatic carbocycles. The fraction of sp³-hybridized carbons (Fsp3) is 0.348. The van der Waals surface area contributed by atoms with Crippen LogP contribution in [0.4, 0.5) is 0 Å². The molecule has 4 rings (SSSR count). The van der Waals surface area contributed by atoms with Gasteiger partial charge in [-0.2, -0.15) is 0 Å². The molecule has 2 aromatic heterocycles. The van der Waals surface area contributed by atoms with Crippen LogP contribution in [0.2, 0.25) is 0 Å². The van der Waals surface area contributed by atoms with Crippen molar-refractivity contribution in [3.8, 4) is 0 Å². The van der Waals surface area contributed by atoms with Crippen LogP contribution in [0.1, 0.15) is 34.8 Å². The lowest BCUT2D eigenvalue weighted by Crippen LogP contribution is -2.44. The van der Waals surface area contributed by atoms with Gasteiger partial charge in [0.25, 0.3) is 0 Å². The van der Waals surface area contributed by atoms with E-state index in [1.54, 1.807) is 11.3 Å². The van der Waals surface area contributed by atoms with E-state index in [9.17, 15) is 4.79 Å². The molecule has 6 heteroatoms. The number of likely N-dealkylation sites (tertiary alicyclic amines) is 1. The minimum absolute atomic E-state index is 0.0738. The molecule has 1 aliphatic rings. The van der Waals surface area contributed by atoms with Gasteiger partial charge in [-0.3, -0.25) is 14.7 Å². The van der Waals surface area contributed by atoms with E-state index >= 15 is 0 Å². The average molecular weight is 407 g/mol. The van der Waals surface area contributed by atoms with Crippen LogP contribution >= 0.6 is 11.3 Å². The highest BCUT2D eigenvalue weighted by Crippen LogP contribution is 2.16. The summed E-state index contributed by atoms with van der Waals surface area (Å²) in [5.41, 5.74) is 3.21. The van der Waals surface area contributed by atoms with Crippen LogP contribution in [-0.4, -0.2) is 39.9 Å². The average Bonchev–Trinajstić information content (AvgIpc) is 3.17. The lowest BCUT2D eigenvalue weighted by molar-refractivity contribution is -0.121. The van der Waals surface area contributed by atoms with Gasteiger partial charge >= 0.3 is 0 Å². The number of rotatable bonds is 7. The Balaban J connectivity index is 1.20. The van der Waals surface area contributed by atoms with E-state index in [-0.39, 0.29) is 11.9 Å². The Bertz CT molecular complexity index is 905. The summed E-state index contributed by atoms with van der Waals surface area (Å²) in [7, 11) is 0. The van der Waals surface area contributed by atoms with Crippen molar-refractivity contribution in [3.05, 3.63) is 82.1 Å². The minimum Gasteiger partial charge on any atom is -0.353 e. The molecule has 0 saturated carbocycles. The smallest absolute Gasteiger partial charge is 0.226 e. The number of carbonyl (C=O) groups is 1. The van der Waals surface area contributed by atoms with Gasteiger partial charge < -0.3 is 5.32 Å². The first-order valence-corrected chi connectivity index (χ1v) is 11.0. The zero-order chi connectivity index (χ0) is 19.9. The maximum absolute atomic E-state index is 12.5. The molecule has 0 atom stereocenters. The molecule has 1 aliphatic heterocycles. The summed E-state index contributed by atoms with van der Waals surface area (Å²) in [4.78, 5) is 23.9. The van der Waals surface area contributed by atoms with Crippen LogP contribution in [0, 0.1) is 0 Å². The summed E-state index contributed by atoms with van der Waals surface area (Å²) in [5, 5.41) is 6.26. The second-order valence-corrected chi connectivity index (χ2v) is 8.45. The highest BCUT2D eigenvalue weighted by molar-refractivity contribution is 7.09. The highest BCUT2D eigenvalue weighted by atomic mass is 32.1. The number of carbonyl (C=O) groups excluding carboxylic acids is 1. The molecule has 0 radical (unpaired) electrons. The van der Waals surface area contributed by atoms with Gasteiger partial charge in [-0.25, -0.2) is 4.98 Å². The largest absolute Gasteiger partial charge is 0.353 e.